The molecule has 2 saturated carbocycles. The van der Waals surface area contributed by atoms with Crippen LogP contribution in [0.3, 0.4) is 0 Å². The molecule has 5 rings (SSSR count). The Morgan fingerprint density at radius 3 is 2.72 bits per heavy atom. The van der Waals surface area contributed by atoms with Crippen molar-refractivity contribution in [3.63, 3.8) is 0 Å². The standard InChI is InChI=1S/C27H32O2/c1-27-15-13-23-22-9-7-19(14-16-29-18-20-5-3-2-4-6-20)17-21(22)8-10-24(23)25(27)11-12-26(27)28/h2-7,9,17,23-25H,8,10-16,18H2,1H3/t23-,24-,25+,27+/m1/s1. The first-order chi connectivity index (χ1) is 14.1. The zero-order valence-electron chi connectivity index (χ0n) is 17.5. The Bertz CT molecular complexity index is 887. The van der Waals surface area contributed by atoms with Gasteiger partial charge in [-0.25, -0.2) is 0 Å². The molecule has 0 aromatic heterocycles. The first-order valence-electron chi connectivity index (χ1n) is 11.4. The van der Waals surface area contributed by atoms with Crippen molar-refractivity contribution < 1.29 is 9.53 Å². The van der Waals surface area contributed by atoms with Gasteiger partial charge in [-0.05, 0) is 78.5 Å². The van der Waals surface area contributed by atoms with Crippen molar-refractivity contribution in [2.24, 2.45) is 17.3 Å². The van der Waals surface area contributed by atoms with E-state index in [0.717, 1.165) is 32.3 Å². The molecule has 0 bridgehead atoms. The van der Waals surface area contributed by atoms with E-state index in [4.69, 9.17) is 4.74 Å². The lowest BCUT2D eigenvalue weighted by Crippen LogP contribution is -2.42. The number of ether oxygens (including phenoxy) is 1. The van der Waals surface area contributed by atoms with Crippen LogP contribution < -0.4 is 0 Å². The normalized spacial score (nSPS) is 30.5. The van der Waals surface area contributed by atoms with Gasteiger partial charge in [-0.2, -0.15) is 0 Å². The van der Waals surface area contributed by atoms with Gasteiger partial charge in [0.05, 0.1) is 13.2 Å². The highest BCUT2D eigenvalue weighted by molar-refractivity contribution is 5.87. The molecule has 0 spiro atoms. The van der Waals surface area contributed by atoms with Crippen molar-refractivity contribution >= 4 is 5.78 Å². The van der Waals surface area contributed by atoms with Crippen LogP contribution in [0.2, 0.25) is 0 Å². The highest BCUT2D eigenvalue weighted by Gasteiger charge is 2.54. The third-order valence-corrected chi connectivity index (χ3v) is 8.15. The topological polar surface area (TPSA) is 26.3 Å². The number of ketones is 1. The number of benzene rings is 2. The lowest BCUT2D eigenvalue weighted by molar-refractivity contribution is -0.129. The molecule has 2 aromatic carbocycles. The van der Waals surface area contributed by atoms with Gasteiger partial charge < -0.3 is 4.74 Å². The molecule has 3 aliphatic carbocycles. The van der Waals surface area contributed by atoms with E-state index in [2.05, 4.69) is 49.4 Å². The van der Waals surface area contributed by atoms with Crippen LogP contribution in [-0.4, -0.2) is 12.4 Å². The summed E-state index contributed by atoms with van der Waals surface area (Å²) in [5.41, 5.74) is 5.75. The Kier molecular flexibility index (Phi) is 5.07. The predicted molar refractivity (Wildman–Crippen MR) is 116 cm³/mol. The number of Topliss-reactive ketones (excluding diaryl/α,β-unsaturated/α-hetero) is 1. The maximum atomic E-state index is 12.5. The van der Waals surface area contributed by atoms with E-state index in [1.165, 1.54) is 30.4 Å². The number of fused-ring (bicyclic) bond motifs is 5. The summed E-state index contributed by atoms with van der Waals surface area (Å²) < 4.78 is 5.89. The number of aryl methyl sites for hydroxylation is 1. The largest absolute Gasteiger partial charge is 0.376 e. The molecule has 0 radical (unpaired) electrons. The van der Waals surface area contributed by atoms with E-state index < -0.39 is 0 Å². The van der Waals surface area contributed by atoms with Crippen LogP contribution in [0.1, 0.15) is 67.2 Å². The summed E-state index contributed by atoms with van der Waals surface area (Å²) in [5.74, 6) is 2.55. The Labute approximate surface area is 174 Å². The fourth-order valence-corrected chi connectivity index (χ4v) is 6.52. The quantitative estimate of drug-likeness (QED) is 0.599. The van der Waals surface area contributed by atoms with E-state index in [1.807, 2.05) is 6.07 Å². The number of carbonyl (C=O) groups excluding carboxylic acids is 1. The molecule has 29 heavy (non-hydrogen) atoms. The van der Waals surface area contributed by atoms with Gasteiger partial charge in [-0.1, -0.05) is 55.5 Å². The van der Waals surface area contributed by atoms with Gasteiger partial charge in [0, 0.05) is 11.8 Å². The summed E-state index contributed by atoms with van der Waals surface area (Å²) in [7, 11) is 0. The van der Waals surface area contributed by atoms with Gasteiger partial charge in [0.15, 0.2) is 0 Å². The minimum absolute atomic E-state index is 0.0191. The maximum Gasteiger partial charge on any atom is 0.139 e. The van der Waals surface area contributed by atoms with Crippen molar-refractivity contribution in [2.45, 2.75) is 64.4 Å². The monoisotopic (exact) mass is 388 g/mol. The smallest absolute Gasteiger partial charge is 0.139 e. The van der Waals surface area contributed by atoms with E-state index in [1.54, 1.807) is 11.1 Å². The van der Waals surface area contributed by atoms with Gasteiger partial charge >= 0.3 is 0 Å². The minimum Gasteiger partial charge on any atom is -0.376 e. The van der Waals surface area contributed by atoms with Crippen LogP contribution in [0.25, 0.3) is 0 Å². The molecule has 2 aromatic rings. The second kappa shape index (κ2) is 7.72. The Morgan fingerprint density at radius 1 is 1.00 bits per heavy atom. The van der Waals surface area contributed by atoms with E-state index in [0.29, 0.717) is 30.1 Å². The van der Waals surface area contributed by atoms with Gasteiger partial charge in [0.2, 0.25) is 0 Å². The average Bonchev–Trinajstić information content (AvgIpc) is 3.06. The zero-order chi connectivity index (χ0) is 19.8. The van der Waals surface area contributed by atoms with Gasteiger partial charge in [-0.15, -0.1) is 0 Å². The first-order valence-corrected chi connectivity index (χ1v) is 11.4. The number of carbonyl (C=O) groups is 1. The van der Waals surface area contributed by atoms with Crippen LogP contribution in [0, 0.1) is 17.3 Å². The number of hydrogen-bond acceptors (Lipinski definition) is 2. The van der Waals surface area contributed by atoms with E-state index in [-0.39, 0.29) is 5.41 Å². The van der Waals surface area contributed by atoms with Crippen molar-refractivity contribution in [2.75, 3.05) is 6.61 Å². The fourth-order valence-electron chi connectivity index (χ4n) is 6.52. The van der Waals surface area contributed by atoms with Crippen LogP contribution in [0.4, 0.5) is 0 Å². The van der Waals surface area contributed by atoms with Crippen molar-refractivity contribution in [1.29, 1.82) is 0 Å². The third-order valence-electron chi connectivity index (χ3n) is 8.15. The first kappa shape index (κ1) is 19.1. The second-order valence-electron chi connectivity index (χ2n) is 9.65. The molecule has 152 valence electrons. The highest BCUT2D eigenvalue weighted by atomic mass is 16.5. The molecule has 0 unspecified atom stereocenters. The van der Waals surface area contributed by atoms with Crippen molar-refractivity contribution in [3.05, 3.63) is 70.8 Å². The maximum absolute atomic E-state index is 12.5. The molecule has 3 aliphatic rings. The lowest BCUT2D eigenvalue weighted by atomic mass is 9.55. The Balaban J connectivity index is 1.23. The van der Waals surface area contributed by atoms with E-state index >= 15 is 0 Å². The van der Waals surface area contributed by atoms with Crippen molar-refractivity contribution in [1.82, 2.24) is 0 Å². The van der Waals surface area contributed by atoms with Crippen LogP contribution >= 0.6 is 0 Å². The summed E-state index contributed by atoms with van der Waals surface area (Å²) in [6, 6.07) is 17.5. The molecule has 4 atom stereocenters. The fraction of sp³-hybridized carbons (Fsp3) is 0.519. The number of rotatable bonds is 5. The van der Waals surface area contributed by atoms with Crippen LogP contribution in [-0.2, 0) is 29.0 Å². The molecule has 2 nitrogen and oxygen atoms in total. The molecule has 0 amide bonds. The highest BCUT2D eigenvalue weighted by Crippen LogP contribution is 2.59. The second-order valence-corrected chi connectivity index (χ2v) is 9.65. The van der Waals surface area contributed by atoms with E-state index in [9.17, 15) is 4.79 Å². The molecule has 0 heterocycles. The zero-order valence-corrected chi connectivity index (χ0v) is 17.5. The van der Waals surface area contributed by atoms with Gasteiger partial charge in [-0.3, -0.25) is 4.79 Å². The summed E-state index contributed by atoms with van der Waals surface area (Å²) in [5, 5.41) is 0. The Hall–Kier alpha value is -1.93. The summed E-state index contributed by atoms with van der Waals surface area (Å²) in [6.07, 6.45) is 7.64. The van der Waals surface area contributed by atoms with Gasteiger partial charge in [0.25, 0.3) is 0 Å². The lowest BCUT2D eigenvalue weighted by Gasteiger charge is -2.48. The molecule has 2 fully saturated rings. The van der Waals surface area contributed by atoms with Crippen LogP contribution in [0.5, 0.6) is 0 Å². The molecular weight excluding hydrogens is 356 g/mol. The third kappa shape index (κ3) is 3.46. The molecule has 2 heteroatoms. The molecule has 0 N–H and O–H groups in total. The molecular formula is C27H32O2. The van der Waals surface area contributed by atoms with Gasteiger partial charge in [0.1, 0.15) is 5.78 Å². The molecule has 0 saturated heterocycles. The number of hydrogen-bond donors (Lipinski definition) is 0. The summed E-state index contributed by atoms with van der Waals surface area (Å²) in [4.78, 5) is 12.5. The minimum atomic E-state index is -0.0191. The summed E-state index contributed by atoms with van der Waals surface area (Å²) >= 11 is 0. The SMILES string of the molecule is C[C@]12CC[C@@H]3c4ccc(CCOCc5ccccc5)cc4CC[C@H]3[C@@H]1CCC2=O. The van der Waals surface area contributed by atoms with Crippen molar-refractivity contribution in [3.8, 4) is 0 Å². The average molecular weight is 389 g/mol. The van der Waals surface area contributed by atoms with Crippen LogP contribution in [0.15, 0.2) is 48.5 Å². The Morgan fingerprint density at radius 2 is 1.86 bits per heavy atom. The molecule has 0 aliphatic heterocycles. The predicted octanol–water partition coefficient (Wildman–Crippen LogP) is 5.87. The summed E-state index contributed by atoms with van der Waals surface area (Å²) in [6.45, 7) is 3.72.